The van der Waals surface area contributed by atoms with Gasteiger partial charge in [0.25, 0.3) is 0 Å². The maximum Gasteiger partial charge on any atom is 0.0701 e. The Kier molecular flexibility index (Phi) is 7.83. The summed E-state index contributed by atoms with van der Waals surface area (Å²) in [5.74, 6) is 0.723. The first-order valence-electron chi connectivity index (χ1n) is 12.3. The molecule has 172 valence electrons. The summed E-state index contributed by atoms with van der Waals surface area (Å²) in [5, 5.41) is 7.32. The van der Waals surface area contributed by atoms with E-state index < -0.39 is 0 Å². The van der Waals surface area contributed by atoms with Gasteiger partial charge >= 0.3 is 0 Å². The normalized spacial score (nSPS) is 14.8. The molecule has 1 saturated carbocycles. The fraction of sp³-hybridized carbons (Fsp3) is 0.367. The number of para-hydroxylation sites is 1. The van der Waals surface area contributed by atoms with Crippen molar-refractivity contribution in [1.29, 1.82) is 0 Å². The van der Waals surface area contributed by atoms with Gasteiger partial charge in [-0.05, 0) is 43.0 Å². The molecule has 0 aliphatic heterocycles. The van der Waals surface area contributed by atoms with Gasteiger partial charge < -0.3 is 4.90 Å². The molecule has 1 aliphatic carbocycles. The number of benzene rings is 3. The summed E-state index contributed by atoms with van der Waals surface area (Å²) in [7, 11) is 4.26. The number of anilines is 2. The van der Waals surface area contributed by atoms with Crippen LogP contribution in [0.5, 0.6) is 0 Å². The SMILES string of the molecule is Cc1ccc(N(C)c2ccccc2/C(CC2CCCCC2)=N\N(C)Cc2ccccc2)cc1. The van der Waals surface area contributed by atoms with E-state index in [0.29, 0.717) is 0 Å². The van der Waals surface area contributed by atoms with Gasteiger partial charge in [0, 0.05) is 25.3 Å². The molecule has 0 spiro atoms. The third-order valence-corrected chi connectivity index (χ3v) is 6.75. The number of hydrazone groups is 1. The Morgan fingerprint density at radius 2 is 1.48 bits per heavy atom. The van der Waals surface area contributed by atoms with Crippen LogP contribution in [0, 0.1) is 12.8 Å². The van der Waals surface area contributed by atoms with Crippen molar-refractivity contribution in [3.05, 3.63) is 95.6 Å². The van der Waals surface area contributed by atoms with Crippen molar-refractivity contribution in [3.8, 4) is 0 Å². The van der Waals surface area contributed by atoms with Crippen LogP contribution in [-0.4, -0.2) is 24.8 Å². The van der Waals surface area contributed by atoms with Crippen molar-refractivity contribution in [3.63, 3.8) is 0 Å². The molecular formula is C30H37N3. The molecule has 0 heterocycles. The van der Waals surface area contributed by atoms with Gasteiger partial charge in [0.05, 0.1) is 17.9 Å². The Morgan fingerprint density at radius 3 is 2.21 bits per heavy atom. The second-order valence-electron chi connectivity index (χ2n) is 9.47. The molecule has 0 atom stereocenters. The quantitative estimate of drug-likeness (QED) is 0.266. The molecule has 0 N–H and O–H groups in total. The first kappa shape index (κ1) is 23.1. The predicted octanol–water partition coefficient (Wildman–Crippen LogP) is 7.57. The predicted molar refractivity (Wildman–Crippen MR) is 141 cm³/mol. The summed E-state index contributed by atoms with van der Waals surface area (Å²) in [6.07, 6.45) is 7.75. The Morgan fingerprint density at radius 1 is 0.818 bits per heavy atom. The van der Waals surface area contributed by atoms with E-state index in [1.165, 1.54) is 65.9 Å². The van der Waals surface area contributed by atoms with E-state index >= 15 is 0 Å². The standard InChI is InChI=1S/C30H37N3/c1-24-18-20-27(21-19-24)33(3)30-17-11-10-16-28(30)29(22-25-12-6-4-7-13-25)31-32(2)23-26-14-8-5-9-15-26/h5,8-11,14-21,25H,4,6-7,12-13,22-23H2,1-3H3/b31-29-. The van der Waals surface area contributed by atoms with Crippen molar-refractivity contribution < 1.29 is 0 Å². The zero-order valence-corrected chi connectivity index (χ0v) is 20.4. The highest BCUT2D eigenvalue weighted by Gasteiger charge is 2.21. The number of aryl methyl sites for hydroxylation is 1. The zero-order valence-electron chi connectivity index (χ0n) is 20.4. The summed E-state index contributed by atoms with van der Waals surface area (Å²) >= 11 is 0. The Labute approximate surface area is 199 Å². The zero-order chi connectivity index (χ0) is 23.0. The van der Waals surface area contributed by atoms with Crippen LogP contribution in [-0.2, 0) is 6.54 Å². The minimum absolute atomic E-state index is 0.723. The van der Waals surface area contributed by atoms with Gasteiger partial charge in [-0.3, -0.25) is 5.01 Å². The lowest BCUT2D eigenvalue weighted by atomic mass is 9.84. The fourth-order valence-electron chi connectivity index (χ4n) is 4.88. The summed E-state index contributed by atoms with van der Waals surface area (Å²) in [4.78, 5) is 2.29. The van der Waals surface area contributed by atoms with Gasteiger partial charge in [-0.1, -0.05) is 98.3 Å². The minimum Gasteiger partial charge on any atom is -0.344 e. The van der Waals surface area contributed by atoms with Gasteiger partial charge in [0.2, 0.25) is 0 Å². The lowest BCUT2D eigenvalue weighted by Gasteiger charge is -2.27. The molecule has 1 fully saturated rings. The number of rotatable bonds is 8. The molecule has 33 heavy (non-hydrogen) atoms. The van der Waals surface area contributed by atoms with E-state index in [2.05, 4.69) is 110 Å². The highest BCUT2D eigenvalue weighted by Crippen LogP contribution is 2.32. The third-order valence-electron chi connectivity index (χ3n) is 6.75. The maximum atomic E-state index is 5.21. The maximum absolute atomic E-state index is 5.21. The first-order chi connectivity index (χ1) is 16.1. The lowest BCUT2D eigenvalue weighted by molar-refractivity contribution is 0.337. The van der Waals surface area contributed by atoms with Crippen molar-refractivity contribution in [2.45, 2.75) is 52.0 Å². The van der Waals surface area contributed by atoms with Crippen LogP contribution in [0.2, 0.25) is 0 Å². The van der Waals surface area contributed by atoms with Gasteiger partial charge in [0.15, 0.2) is 0 Å². The second-order valence-corrected chi connectivity index (χ2v) is 9.47. The van der Waals surface area contributed by atoms with Crippen LogP contribution in [0.1, 0.15) is 55.2 Å². The molecule has 3 nitrogen and oxygen atoms in total. The number of hydrogen-bond acceptors (Lipinski definition) is 3. The number of hydrogen-bond donors (Lipinski definition) is 0. The van der Waals surface area contributed by atoms with E-state index in [-0.39, 0.29) is 0 Å². The average Bonchev–Trinajstić information content (AvgIpc) is 2.85. The molecule has 0 amide bonds. The van der Waals surface area contributed by atoms with Gasteiger partial charge in [-0.2, -0.15) is 5.10 Å². The molecule has 3 heteroatoms. The highest BCUT2D eigenvalue weighted by atomic mass is 15.4. The van der Waals surface area contributed by atoms with E-state index in [0.717, 1.165) is 18.9 Å². The number of nitrogens with zero attached hydrogens (tertiary/aromatic N) is 3. The molecule has 1 aliphatic rings. The topological polar surface area (TPSA) is 18.8 Å². The molecule has 0 saturated heterocycles. The Balaban J connectivity index is 1.66. The van der Waals surface area contributed by atoms with Crippen LogP contribution < -0.4 is 4.90 Å². The molecule has 0 unspecified atom stereocenters. The molecule has 0 bridgehead atoms. The summed E-state index contributed by atoms with van der Waals surface area (Å²) in [5.41, 5.74) is 7.42. The van der Waals surface area contributed by atoms with E-state index in [9.17, 15) is 0 Å². The second kappa shape index (κ2) is 11.2. The largest absolute Gasteiger partial charge is 0.344 e. The summed E-state index contributed by atoms with van der Waals surface area (Å²) in [6.45, 7) is 2.94. The molecule has 0 aromatic heterocycles. The highest BCUT2D eigenvalue weighted by molar-refractivity contribution is 6.05. The van der Waals surface area contributed by atoms with E-state index in [4.69, 9.17) is 5.10 Å². The van der Waals surface area contributed by atoms with Crippen molar-refractivity contribution >= 4 is 17.1 Å². The van der Waals surface area contributed by atoms with Crippen LogP contribution in [0.4, 0.5) is 11.4 Å². The molecular weight excluding hydrogens is 402 g/mol. The minimum atomic E-state index is 0.723. The third kappa shape index (κ3) is 6.25. The fourth-order valence-corrected chi connectivity index (χ4v) is 4.88. The summed E-state index contributed by atoms with van der Waals surface area (Å²) in [6, 6.07) is 28.1. The van der Waals surface area contributed by atoms with Crippen LogP contribution in [0.3, 0.4) is 0 Å². The van der Waals surface area contributed by atoms with E-state index in [1.807, 2.05) is 0 Å². The van der Waals surface area contributed by atoms with E-state index in [1.54, 1.807) is 0 Å². The van der Waals surface area contributed by atoms with Crippen LogP contribution in [0.15, 0.2) is 84.0 Å². The smallest absolute Gasteiger partial charge is 0.0701 e. The summed E-state index contributed by atoms with van der Waals surface area (Å²) < 4.78 is 0. The molecule has 4 rings (SSSR count). The van der Waals surface area contributed by atoms with Crippen LogP contribution >= 0.6 is 0 Å². The Hall–Kier alpha value is -3.07. The average molecular weight is 440 g/mol. The van der Waals surface area contributed by atoms with Gasteiger partial charge in [-0.25, -0.2) is 0 Å². The first-order valence-corrected chi connectivity index (χ1v) is 12.3. The van der Waals surface area contributed by atoms with Gasteiger partial charge in [-0.15, -0.1) is 0 Å². The molecule has 3 aromatic rings. The van der Waals surface area contributed by atoms with Gasteiger partial charge in [0.1, 0.15) is 0 Å². The van der Waals surface area contributed by atoms with Crippen LogP contribution in [0.25, 0.3) is 0 Å². The van der Waals surface area contributed by atoms with Crippen molar-refractivity contribution in [2.24, 2.45) is 11.0 Å². The molecule has 0 radical (unpaired) electrons. The lowest BCUT2D eigenvalue weighted by Crippen LogP contribution is -2.21. The monoisotopic (exact) mass is 439 g/mol. The van der Waals surface area contributed by atoms with Crippen molar-refractivity contribution in [1.82, 2.24) is 5.01 Å². The Bertz CT molecular complexity index is 1030. The van der Waals surface area contributed by atoms with Crippen molar-refractivity contribution in [2.75, 3.05) is 19.0 Å². The molecule has 3 aromatic carbocycles.